The molecule has 1 N–H and O–H groups in total. The maximum atomic E-state index is 13.0. The zero-order valence-corrected chi connectivity index (χ0v) is 16.3. The van der Waals surface area contributed by atoms with Crippen LogP contribution in [0.3, 0.4) is 0 Å². The van der Waals surface area contributed by atoms with Gasteiger partial charge in [-0.3, -0.25) is 10.2 Å². The van der Waals surface area contributed by atoms with E-state index in [9.17, 15) is 4.79 Å². The summed E-state index contributed by atoms with van der Waals surface area (Å²) in [5, 5.41) is 2.88. The van der Waals surface area contributed by atoms with Crippen LogP contribution in [0.1, 0.15) is 6.42 Å². The monoisotopic (exact) mass is 387 g/mol. The van der Waals surface area contributed by atoms with Crippen molar-refractivity contribution >= 4 is 29.2 Å². The summed E-state index contributed by atoms with van der Waals surface area (Å²) in [5.74, 6) is 2.09. The number of rotatable bonds is 3. The van der Waals surface area contributed by atoms with Crippen LogP contribution in [0.25, 0.3) is 11.3 Å². The van der Waals surface area contributed by atoms with E-state index in [1.807, 2.05) is 61.6 Å². The lowest BCUT2D eigenvalue weighted by Gasteiger charge is -2.39. The minimum Gasteiger partial charge on any atom is -0.363 e. The van der Waals surface area contributed by atoms with Crippen molar-refractivity contribution in [2.75, 3.05) is 40.7 Å². The lowest BCUT2D eigenvalue weighted by Crippen LogP contribution is -2.56. The second-order valence-corrected chi connectivity index (χ2v) is 7.32. The van der Waals surface area contributed by atoms with Gasteiger partial charge >= 0.3 is 6.03 Å². The average molecular weight is 387 g/mol. The molecule has 1 saturated heterocycles. The number of nitrogens with one attached hydrogen (secondary N) is 1. The molecule has 8 heteroatoms. The van der Waals surface area contributed by atoms with Crippen LogP contribution >= 0.6 is 0 Å². The molecule has 146 valence electrons. The Hall–Kier alpha value is -3.68. The summed E-state index contributed by atoms with van der Waals surface area (Å²) in [4.78, 5) is 32.4. The van der Waals surface area contributed by atoms with E-state index in [0.29, 0.717) is 11.6 Å². The van der Waals surface area contributed by atoms with Gasteiger partial charge in [-0.2, -0.15) is 0 Å². The number of amides is 2. The predicted molar refractivity (Wildman–Crippen MR) is 113 cm³/mol. The van der Waals surface area contributed by atoms with E-state index in [2.05, 4.69) is 20.2 Å². The number of hydrogen-bond acceptors (Lipinski definition) is 6. The first-order valence-electron chi connectivity index (χ1n) is 9.54. The highest BCUT2D eigenvalue weighted by Crippen LogP contribution is 2.45. The number of anilines is 4. The Kier molecular flexibility index (Phi) is 4.04. The molecule has 0 aliphatic carbocycles. The predicted octanol–water partition coefficient (Wildman–Crippen LogP) is 3.19. The minimum absolute atomic E-state index is 0.00528. The van der Waals surface area contributed by atoms with Crippen LogP contribution in [0.2, 0.25) is 0 Å². The van der Waals surface area contributed by atoms with Gasteiger partial charge in [0.15, 0.2) is 5.82 Å². The second kappa shape index (κ2) is 6.73. The van der Waals surface area contributed by atoms with Crippen LogP contribution in [-0.4, -0.2) is 47.8 Å². The fourth-order valence-corrected chi connectivity index (χ4v) is 3.71. The summed E-state index contributed by atoms with van der Waals surface area (Å²) < 4.78 is 0. The lowest BCUT2D eigenvalue weighted by molar-refractivity contribution is 0.252. The number of hydrogen-bond donors (Lipinski definition) is 1. The van der Waals surface area contributed by atoms with Gasteiger partial charge in [-0.1, -0.05) is 6.07 Å². The fourth-order valence-electron chi connectivity index (χ4n) is 3.71. The highest BCUT2D eigenvalue weighted by Gasteiger charge is 2.46. The molecule has 5 rings (SSSR count). The Morgan fingerprint density at radius 3 is 2.69 bits per heavy atom. The van der Waals surface area contributed by atoms with Crippen LogP contribution in [0.4, 0.5) is 27.9 Å². The maximum Gasteiger partial charge on any atom is 0.330 e. The molecule has 0 spiro atoms. The molecule has 3 aromatic heterocycles. The first-order chi connectivity index (χ1) is 14.1. The molecule has 0 aromatic carbocycles. The van der Waals surface area contributed by atoms with Crippen molar-refractivity contribution in [3.8, 4) is 11.3 Å². The topological polar surface area (TPSA) is 77.5 Å². The Morgan fingerprint density at radius 2 is 2.03 bits per heavy atom. The lowest BCUT2D eigenvalue weighted by atomic mass is 10.1. The number of aromatic nitrogens is 3. The number of carbonyl (C=O) groups excluding carboxylic acids is 1. The van der Waals surface area contributed by atoms with Crippen molar-refractivity contribution in [1.82, 2.24) is 15.0 Å². The molecule has 29 heavy (non-hydrogen) atoms. The summed E-state index contributed by atoms with van der Waals surface area (Å²) in [7, 11) is 3.91. The van der Waals surface area contributed by atoms with Crippen LogP contribution in [0, 0.1) is 0 Å². The highest BCUT2D eigenvalue weighted by molar-refractivity contribution is 6.06. The van der Waals surface area contributed by atoms with Crippen LogP contribution < -0.4 is 20.0 Å². The highest BCUT2D eigenvalue weighted by atomic mass is 16.2. The third kappa shape index (κ3) is 2.93. The first-order valence-corrected chi connectivity index (χ1v) is 9.54. The van der Waals surface area contributed by atoms with Crippen LogP contribution in [-0.2, 0) is 0 Å². The van der Waals surface area contributed by atoms with Crippen molar-refractivity contribution in [1.29, 1.82) is 0 Å². The Morgan fingerprint density at radius 1 is 1.14 bits per heavy atom. The molecule has 1 atom stereocenters. The van der Waals surface area contributed by atoms with Crippen molar-refractivity contribution in [3.63, 3.8) is 0 Å². The quantitative estimate of drug-likeness (QED) is 0.744. The average Bonchev–Trinajstić information content (AvgIpc) is 2.94. The zero-order valence-electron chi connectivity index (χ0n) is 16.3. The summed E-state index contributed by atoms with van der Waals surface area (Å²) in [6.45, 7) is 0.922. The summed E-state index contributed by atoms with van der Waals surface area (Å²) >= 11 is 0. The van der Waals surface area contributed by atoms with Crippen molar-refractivity contribution in [2.24, 2.45) is 0 Å². The normalized spacial score (nSPS) is 16.7. The number of nitrogens with zero attached hydrogens (tertiary/aromatic N) is 6. The Labute approximate surface area is 168 Å². The summed E-state index contributed by atoms with van der Waals surface area (Å²) in [6, 6.07) is 13.2. The molecule has 2 aliphatic rings. The molecule has 5 heterocycles. The Balaban J connectivity index is 1.47. The van der Waals surface area contributed by atoms with Crippen LogP contribution in [0.5, 0.6) is 0 Å². The van der Waals surface area contributed by atoms with E-state index in [1.54, 1.807) is 17.2 Å². The molecule has 0 radical (unpaired) electrons. The number of carbonyl (C=O) groups is 1. The molecular weight excluding hydrogens is 366 g/mol. The van der Waals surface area contributed by atoms with Gasteiger partial charge in [0.25, 0.3) is 0 Å². The summed E-state index contributed by atoms with van der Waals surface area (Å²) in [6.07, 6.45) is 4.39. The SMILES string of the molecule is CN(C)c1ccc(-c2ccc3c(n2)N(C(=O)Nc2ccccn2)C2CCN32)cn1. The van der Waals surface area contributed by atoms with E-state index < -0.39 is 0 Å². The molecule has 3 aromatic rings. The fraction of sp³-hybridized carbons (Fsp3) is 0.238. The smallest absolute Gasteiger partial charge is 0.330 e. The summed E-state index contributed by atoms with van der Waals surface area (Å²) in [5.41, 5.74) is 2.69. The Bertz CT molecular complexity index is 1050. The van der Waals surface area contributed by atoms with E-state index in [1.165, 1.54) is 0 Å². The number of urea groups is 1. The first kappa shape index (κ1) is 17.4. The molecule has 1 unspecified atom stereocenters. The zero-order chi connectivity index (χ0) is 20.0. The number of pyridine rings is 3. The van der Waals surface area contributed by atoms with E-state index in [-0.39, 0.29) is 12.2 Å². The third-order valence-electron chi connectivity index (χ3n) is 5.30. The van der Waals surface area contributed by atoms with Crippen molar-refractivity contribution in [2.45, 2.75) is 12.6 Å². The molecule has 1 fully saturated rings. The molecule has 0 saturated carbocycles. The largest absolute Gasteiger partial charge is 0.363 e. The van der Waals surface area contributed by atoms with Gasteiger partial charge in [0, 0.05) is 45.0 Å². The standard InChI is InChI=1S/C21H21N7O/c1-26(2)18-9-6-14(13-23-18)15-7-8-16-20(24-15)28(19-10-12-27(16)19)21(29)25-17-5-3-4-11-22-17/h3-9,11,13,19H,10,12H2,1-2H3,(H,22,25,29). The second-order valence-electron chi connectivity index (χ2n) is 7.32. The van der Waals surface area contributed by atoms with E-state index in [4.69, 9.17) is 4.98 Å². The van der Waals surface area contributed by atoms with E-state index in [0.717, 1.165) is 35.7 Å². The van der Waals surface area contributed by atoms with E-state index >= 15 is 0 Å². The van der Waals surface area contributed by atoms with Gasteiger partial charge in [0.1, 0.15) is 17.8 Å². The molecular formula is C21H21N7O. The molecule has 8 nitrogen and oxygen atoms in total. The van der Waals surface area contributed by atoms with Gasteiger partial charge in [0.2, 0.25) is 0 Å². The molecule has 2 aliphatic heterocycles. The van der Waals surface area contributed by atoms with Crippen LogP contribution in [0.15, 0.2) is 54.9 Å². The molecule has 0 bridgehead atoms. The van der Waals surface area contributed by atoms with Crippen molar-refractivity contribution in [3.05, 3.63) is 54.9 Å². The maximum absolute atomic E-state index is 13.0. The van der Waals surface area contributed by atoms with Gasteiger partial charge in [-0.25, -0.2) is 19.7 Å². The van der Waals surface area contributed by atoms with Gasteiger partial charge in [-0.15, -0.1) is 0 Å². The number of fused-ring (bicyclic) bond motifs is 3. The minimum atomic E-state index is -0.220. The van der Waals surface area contributed by atoms with Gasteiger partial charge in [-0.05, 0) is 36.4 Å². The van der Waals surface area contributed by atoms with Gasteiger partial charge < -0.3 is 9.80 Å². The van der Waals surface area contributed by atoms with Gasteiger partial charge in [0.05, 0.1) is 11.4 Å². The van der Waals surface area contributed by atoms with Crippen molar-refractivity contribution < 1.29 is 4.79 Å². The third-order valence-corrected chi connectivity index (χ3v) is 5.30. The molecule has 2 amide bonds.